The summed E-state index contributed by atoms with van der Waals surface area (Å²) in [7, 11) is 11.1. The summed E-state index contributed by atoms with van der Waals surface area (Å²) < 4.78 is 20.7. The number of rotatable bonds is 2. The topological polar surface area (TPSA) is 192 Å². The predicted octanol–water partition coefficient (Wildman–Crippen LogP) is 1.79. The molecule has 0 radical (unpaired) electrons. The average Bonchev–Trinajstić information content (AvgIpc) is 2.87. The highest BCUT2D eigenvalue weighted by atomic mass is 16.5. The molecule has 0 bridgehead atoms. The summed E-state index contributed by atoms with van der Waals surface area (Å²) in [5.41, 5.74) is 0. The molecule has 0 rings (SSSR count). The average molecular weight is 485 g/mol. The highest BCUT2D eigenvalue weighted by Gasteiger charge is 1.88. The number of nitriles is 1. The van der Waals surface area contributed by atoms with Crippen LogP contribution in [0.4, 0.5) is 9.59 Å². The molecule has 0 aliphatic rings. The van der Waals surface area contributed by atoms with Crippen molar-refractivity contribution in [1.82, 2.24) is 10.6 Å². The van der Waals surface area contributed by atoms with Crippen molar-refractivity contribution in [2.45, 2.75) is 34.1 Å². The van der Waals surface area contributed by atoms with Crippen LogP contribution in [-0.4, -0.2) is 86.9 Å². The first-order chi connectivity index (χ1) is 15.1. The van der Waals surface area contributed by atoms with E-state index in [0.29, 0.717) is 12.8 Å². The number of aliphatic imine (C=N–C) groups is 1. The van der Waals surface area contributed by atoms with E-state index in [-0.39, 0.29) is 19.4 Å². The van der Waals surface area contributed by atoms with Crippen molar-refractivity contribution < 1.29 is 47.7 Å². The van der Waals surface area contributed by atoms with Gasteiger partial charge in [0.1, 0.15) is 0 Å². The third kappa shape index (κ3) is 96.1. The zero-order valence-corrected chi connectivity index (χ0v) is 20.4. The van der Waals surface area contributed by atoms with Gasteiger partial charge in [-0.2, -0.15) is 5.26 Å². The van der Waals surface area contributed by atoms with Crippen molar-refractivity contribution in [1.29, 1.82) is 5.26 Å². The molecule has 0 unspecified atom stereocenters. The van der Waals surface area contributed by atoms with Crippen LogP contribution in [0.2, 0.25) is 0 Å². The van der Waals surface area contributed by atoms with Crippen molar-refractivity contribution in [3.8, 4) is 6.26 Å². The second-order valence-corrected chi connectivity index (χ2v) is 3.95. The van der Waals surface area contributed by atoms with Crippen LogP contribution in [0.3, 0.4) is 0 Å². The molecular weight excluding hydrogens is 444 g/mol. The van der Waals surface area contributed by atoms with Crippen LogP contribution in [0.1, 0.15) is 34.1 Å². The molecule has 0 aliphatic carbocycles. The number of amides is 2. The quantitative estimate of drug-likeness (QED) is 0.191. The summed E-state index contributed by atoms with van der Waals surface area (Å²) in [6.45, 7) is 3.51. The van der Waals surface area contributed by atoms with Crippen molar-refractivity contribution in [3.63, 3.8) is 0 Å². The Kier molecular flexibility index (Phi) is 72.9. The van der Waals surface area contributed by atoms with E-state index >= 15 is 0 Å². The van der Waals surface area contributed by atoms with Crippen molar-refractivity contribution >= 4 is 30.2 Å². The molecule has 0 fully saturated rings. The van der Waals surface area contributed by atoms with E-state index in [2.05, 4.69) is 39.3 Å². The minimum atomic E-state index is -0.407. The number of nitrogens with one attached hydrogen (secondary N) is 2. The molecule has 0 spiro atoms. The van der Waals surface area contributed by atoms with E-state index < -0.39 is 12.2 Å². The summed E-state index contributed by atoms with van der Waals surface area (Å²) in [6, 6.07) is 0. The van der Waals surface area contributed by atoms with Crippen LogP contribution in [0.15, 0.2) is 4.99 Å². The van der Waals surface area contributed by atoms with E-state index in [4.69, 9.17) is 10.1 Å². The maximum atomic E-state index is 9.96. The first kappa shape index (κ1) is 47.1. The summed E-state index contributed by atoms with van der Waals surface area (Å²) in [5.74, 6) is -0.315. The van der Waals surface area contributed by atoms with Gasteiger partial charge in [0.05, 0.1) is 35.5 Å². The zero-order chi connectivity index (χ0) is 26.8. The zero-order valence-electron chi connectivity index (χ0n) is 20.4. The van der Waals surface area contributed by atoms with Gasteiger partial charge in [0.15, 0.2) is 0 Å². The van der Waals surface area contributed by atoms with E-state index in [1.54, 1.807) is 13.8 Å². The Morgan fingerprint density at radius 1 is 0.788 bits per heavy atom. The van der Waals surface area contributed by atoms with Crippen LogP contribution in [0.5, 0.6) is 0 Å². The standard InChI is InChI=1S/2C4H8O2.2C3H7NO2.2C2H3NO.CH4/c2*1-3-4(5)6-2;2*1-4-3(5)6-2;1-4-2-3;1-3-2-4;/h2*3H2,1-2H3;2*1-2H3,(H,4,5);2*1H3;1H4. The number of nitrogens with zero attached hydrogens (tertiary/aromatic N) is 2. The lowest BCUT2D eigenvalue weighted by atomic mass is 10.5. The molecule has 0 saturated heterocycles. The molecule has 0 atom stereocenters. The maximum Gasteiger partial charge on any atom is 0.406 e. The summed E-state index contributed by atoms with van der Waals surface area (Å²) in [6.07, 6.45) is 2.86. The number of hydrogen-bond donors (Lipinski definition) is 2. The van der Waals surface area contributed by atoms with Crippen LogP contribution in [-0.2, 0) is 38.1 Å². The number of methoxy groups -OCH3 is 5. The van der Waals surface area contributed by atoms with Gasteiger partial charge < -0.3 is 34.3 Å². The number of alkyl carbamates (subject to hydrolysis) is 2. The van der Waals surface area contributed by atoms with Crippen molar-refractivity contribution in [2.24, 2.45) is 4.99 Å². The monoisotopic (exact) mass is 484 g/mol. The van der Waals surface area contributed by atoms with Crippen molar-refractivity contribution in [3.05, 3.63) is 0 Å². The van der Waals surface area contributed by atoms with E-state index in [1.807, 2.05) is 0 Å². The summed E-state index contributed by atoms with van der Waals surface area (Å²) in [5, 5.41) is 11.9. The summed E-state index contributed by atoms with van der Waals surface area (Å²) in [4.78, 5) is 51.4. The van der Waals surface area contributed by atoms with Crippen LogP contribution < -0.4 is 10.6 Å². The lowest BCUT2D eigenvalue weighted by molar-refractivity contribution is -0.141. The second kappa shape index (κ2) is 51.1. The molecular formula is C19H40N4O10. The predicted molar refractivity (Wildman–Crippen MR) is 121 cm³/mol. The Balaban J connectivity index is -0.0000000493. The fraction of sp³-hybridized carbons (Fsp3) is 0.684. The van der Waals surface area contributed by atoms with E-state index in [1.165, 1.54) is 69.0 Å². The third-order valence-corrected chi connectivity index (χ3v) is 1.99. The minimum Gasteiger partial charge on any atom is -0.469 e. The molecule has 0 aromatic rings. The lowest BCUT2D eigenvalue weighted by Gasteiger charge is -1.90. The number of ether oxygens (including phenoxy) is 5. The molecule has 14 nitrogen and oxygen atoms in total. The maximum absolute atomic E-state index is 9.96. The fourth-order valence-electron chi connectivity index (χ4n) is 0.493. The molecule has 2 N–H and O–H groups in total. The van der Waals surface area contributed by atoms with Gasteiger partial charge in [-0.05, 0) is 0 Å². The van der Waals surface area contributed by atoms with Gasteiger partial charge in [-0.15, -0.1) is 0 Å². The SMILES string of the molecule is C.CCC(=O)OC.CCC(=O)OC.CN=C=O.CNC(=O)OC.CNC(=O)OC.COC#N. The molecule has 0 aromatic heterocycles. The molecule has 0 aromatic carbocycles. The van der Waals surface area contributed by atoms with Gasteiger partial charge >= 0.3 is 24.1 Å². The second-order valence-electron chi connectivity index (χ2n) is 3.95. The third-order valence-electron chi connectivity index (χ3n) is 1.99. The van der Waals surface area contributed by atoms with Crippen molar-refractivity contribution in [2.75, 3.05) is 56.7 Å². The molecule has 0 saturated carbocycles. The van der Waals surface area contributed by atoms with Gasteiger partial charge in [-0.25, -0.2) is 19.4 Å². The molecule has 0 aliphatic heterocycles. The Morgan fingerprint density at radius 2 is 1.03 bits per heavy atom. The van der Waals surface area contributed by atoms with Gasteiger partial charge in [0.25, 0.3) is 6.26 Å². The Bertz CT molecular complexity index is 443. The molecule has 196 valence electrons. The van der Waals surface area contributed by atoms with Gasteiger partial charge in [0.2, 0.25) is 6.08 Å². The molecule has 33 heavy (non-hydrogen) atoms. The largest absolute Gasteiger partial charge is 0.469 e. The Morgan fingerprint density at radius 3 is 1.03 bits per heavy atom. The number of hydrogen-bond acceptors (Lipinski definition) is 12. The molecule has 14 heteroatoms. The van der Waals surface area contributed by atoms with E-state index in [9.17, 15) is 19.2 Å². The number of carbonyl (C=O) groups excluding carboxylic acids is 5. The van der Waals surface area contributed by atoms with E-state index in [0.717, 1.165) is 0 Å². The van der Waals surface area contributed by atoms with Gasteiger partial charge in [0, 0.05) is 34.0 Å². The smallest absolute Gasteiger partial charge is 0.406 e. The fourth-order valence-corrected chi connectivity index (χ4v) is 0.493. The van der Waals surface area contributed by atoms with Gasteiger partial charge in [-0.3, -0.25) is 9.59 Å². The molecule has 2 amide bonds. The Labute approximate surface area is 196 Å². The normalized spacial score (nSPS) is 6.33. The highest BCUT2D eigenvalue weighted by Crippen LogP contribution is 1.76. The number of carbonyl (C=O) groups is 4. The van der Waals surface area contributed by atoms with Crippen LogP contribution in [0, 0.1) is 11.5 Å². The van der Waals surface area contributed by atoms with Crippen LogP contribution >= 0.6 is 0 Å². The number of esters is 2. The first-order valence-electron chi connectivity index (χ1n) is 8.60. The Hall–Kier alpha value is -3.85. The molecule has 0 heterocycles. The first-order valence-corrected chi connectivity index (χ1v) is 8.60. The van der Waals surface area contributed by atoms with Gasteiger partial charge in [-0.1, -0.05) is 21.3 Å². The lowest BCUT2D eigenvalue weighted by Crippen LogP contribution is -2.16. The highest BCUT2D eigenvalue weighted by molar-refractivity contribution is 5.68. The van der Waals surface area contributed by atoms with Crippen LogP contribution in [0.25, 0.3) is 0 Å². The number of isocyanates is 1. The summed E-state index contributed by atoms with van der Waals surface area (Å²) >= 11 is 0. The minimum absolute atomic E-state index is 0.